The minimum absolute atomic E-state index is 0.0539. The third-order valence-electron chi connectivity index (χ3n) is 5.48. The molecule has 2 heterocycles. The Morgan fingerprint density at radius 1 is 1.24 bits per heavy atom. The van der Waals surface area contributed by atoms with Crippen LogP contribution >= 0.6 is 11.8 Å². The third-order valence-corrected chi connectivity index (χ3v) is 6.64. The monoisotopic (exact) mass is 489 g/mol. The maximum atomic E-state index is 14.4. The second kappa shape index (κ2) is 12.1. The summed E-state index contributed by atoms with van der Waals surface area (Å²) in [5, 5.41) is 4.67. The zero-order valence-electron chi connectivity index (χ0n) is 19.5. The number of nitrogens with zero attached hydrogens (tertiary/aromatic N) is 2. The van der Waals surface area contributed by atoms with E-state index in [0.29, 0.717) is 17.9 Å². The summed E-state index contributed by atoms with van der Waals surface area (Å²) in [7, 11) is 3.82. The zero-order valence-corrected chi connectivity index (χ0v) is 20.3. The van der Waals surface area contributed by atoms with E-state index in [1.165, 1.54) is 17.8 Å². The first-order valence-electron chi connectivity index (χ1n) is 11.1. The molecule has 1 unspecified atom stereocenters. The van der Waals surface area contributed by atoms with E-state index in [1.54, 1.807) is 0 Å². The number of para-hydroxylation sites is 1. The lowest BCUT2D eigenvalue weighted by Gasteiger charge is -2.27. The summed E-state index contributed by atoms with van der Waals surface area (Å²) >= 11 is 1.31. The number of rotatable bonds is 7. The number of carbonyl (C=O) groups is 2. The largest absolute Gasteiger partial charge is 0.382 e. The number of aromatic nitrogens is 1. The maximum Gasteiger partial charge on any atom is 0.238 e. The lowest BCUT2D eigenvalue weighted by atomic mass is 10.0. The molecule has 1 atom stereocenters. The van der Waals surface area contributed by atoms with E-state index in [0.717, 1.165) is 53.1 Å². The molecule has 1 aliphatic rings. The van der Waals surface area contributed by atoms with Crippen LogP contribution in [0.5, 0.6) is 0 Å². The molecule has 1 aliphatic heterocycles. The number of ether oxygens (including phenoxy) is 1. The predicted molar refractivity (Wildman–Crippen MR) is 131 cm³/mol. The van der Waals surface area contributed by atoms with Crippen molar-refractivity contribution in [3.8, 4) is 0 Å². The van der Waals surface area contributed by atoms with Gasteiger partial charge in [0.25, 0.3) is 0 Å². The van der Waals surface area contributed by atoms with Gasteiger partial charge in [0.1, 0.15) is 24.0 Å². The minimum Gasteiger partial charge on any atom is -0.382 e. The number of aldehydes is 1. The quantitative estimate of drug-likeness (QED) is 0.392. The molecule has 4 rings (SSSR count). The molecule has 3 aromatic rings. The van der Waals surface area contributed by atoms with Crippen molar-refractivity contribution < 1.29 is 23.1 Å². The normalized spacial score (nSPS) is 15.5. The van der Waals surface area contributed by atoms with E-state index in [1.807, 2.05) is 49.9 Å². The first kappa shape index (κ1) is 25.9. The van der Waals surface area contributed by atoms with Crippen molar-refractivity contribution in [3.05, 3.63) is 59.7 Å². The average molecular weight is 490 g/mol. The van der Waals surface area contributed by atoms with E-state index >= 15 is 0 Å². The van der Waals surface area contributed by atoms with Gasteiger partial charge in [-0.15, -0.1) is 0 Å². The Balaban J connectivity index is 0.000000350. The van der Waals surface area contributed by atoms with Crippen LogP contribution in [0.2, 0.25) is 0 Å². The fourth-order valence-corrected chi connectivity index (χ4v) is 5.01. The average Bonchev–Trinajstić information content (AvgIpc) is 3.02. The summed E-state index contributed by atoms with van der Waals surface area (Å²) in [6.07, 6.45) is 1.75. The summed E-state index contributed by atoms with van der Waals surface area (Å²) in [5.41, 5.74) is 1.48. The van der Waals surface area contributed by atoms with Crippen LogP contribution in [0.1, 0.15) is 24.9 Å². The minimum atomic E-state index is -0.987. The first-order chi connectivity index (χ1) is 16.4. The number of benzene rings is 2. The van der Waals surface area contributed by atoms with Gasteiger partial charge in [-0.3, -0.25) is 9.69 Å². The summed E-state index contributed by atoms with van der Waals surface area (Å²) in [6, 6.07) is 9.55. The standard InChI is InChI=1S/C19H14F2N2O2S.C6H15NO/c1-22-14-5-3-2-4-12(14)18-16(9-24)23(17(25)10-26-19(18)22)15-7-6-11(20)8-13(15)21;1-3-8-6-4-5-7-2/h2-9,16H,10H2,1H3;7H,3-6H2,1-2H3. The number of carbonyl (C=O) groups excluding carboxylic acids is 2. The molecule has 0 radical (unpaired) electrons. The molecule has 182 valence electrons. The van der Waals surface area contributed by atoms with E-state index in [9.17, 15) is 18.4 Å². The molecule has 1 amide bonds. The molecule has 0 bridgehead atoms. The third kappa shape index (κ3) is 5.48. The van der Waals surface area contributed by atoms with Gasteiger partial charge in [-0.2, -0.15) is 0 Å². The van der Waals surface area contributed by atoms with Crippen LogP contribution in [0.3, 0.4) is 0 Å². The summed E-state index contributed by atoms with van der Waals surface area (Å²) in [4.78, 5) is 25.9. The van der Waals surface area contributed by atoms with Crippen molar-refractivity contribution in [2.24, 2.45) is 7.05 Å². The highest BCUT2D eigenvalue weighted by molar-refractivity contribution is 8.00. The van der Waals surface area contributed by atoms with Gasteiger partial charge in [0, 0.05) is 42.8 Å². The van der Waals surface area contributed by atoms with Gasteiger partial charge in [-0.25, -0.2) is 8.78 Å². The summed E-state index contributed by atoms with van der Waals surface area (Å²) in [5.74, 6) is -1.97. The number of halogens is 2. The number of fused-ring (bicyclic) bond motifs is 3. The molecule has 6 nitrogen and oxygen atoms in total. The van der Waals surface area contributed by atoms with Crippen molar-refractivity contribution in [1.82, 2.24) is 9.88 Å². The molecular weight excluding hydrogens is 460 g/mol. The number of aryl methyl sites for hydroxylation is 1. The van der Waals surface area contributed by atoms with E-state index < -0.39 is 23.6 Å². The molecule has 0 fully saturated rings. The van der Waals surface area contributed by atoms with Crippen LogP contribution in [0, 0.1) is 11.6 Å². The fourth-order valence-electron chi connectivity index (χ4n) is 3.93. The Labute approximate surface area is 202 Å². The van der Waals surface area contributed by atoms with E-state index in [4.69, 9.17) is 4.74 Å². The zero-order chi connectivity index (χ0) is 24.7. The highest BCUT2D eigenvalue weighted by atomic mass is 32.2. The fraction of sp³-hybridized carbons (Fsp3) is 0.360. The molecule has 34 heavy (non-hydrogen) atoms. The van der Waals surface area contributed by atoms with Crippen molar-refractivity contribution >= 4 is 40.5 Å². The van der Waals surface area contributed by atoms with Gasteiger partial charge < -0.3 is 19.4 Å². The van der Waals surface area contributed by atoms with Gasteiger partial charge in [-0.05, 0) is 45.1 Å². The van der Waals surface area contributed by atoms with Crippen molar-refractivity contribution in [1.29, 1.82) is 0 Å². The number of amides is 1. The first-order valence-corrected chi connectivity index (χ1v) is 12.1. The van der Waals surface area contributed by atoms with Gasteiger partial charge in [0.05, 0.1) is 16.5 Å². The Morgan fingerprint density at radius 2 is 2.00 bits per heavy atom. The number of hydrogen-bond donors (Lipinski definition) is 1. The van der Waals surface area contributed by atoms with Crippen LogP contribution in [0.25, 0.3) is 10.9 Å². The number of thioether (sulfide) groups is 1. The van der Waals surface area contributed by atoms with Crippen LogP contribution in [0.4, 0.5) is 14.5 Å². The summed E-state index contributed by atoms with van der Waals surface area (Å²) in [6.45, 7) is 4.79. The van der Waals surface area contributed by atoms with E-state index in [2.05, 4.69) is 5.32 Å². The summed E-state index contributed by atoms with van der Waals surface area (Å²) < 4.78 is 34.7. The molecule has 2 aromatic carbocycles. The molecule has 0 saturated heterocycles. The molecule has 9 heteroatoms. The van der Waals surface area contributed by atoms with Gasteiger partial charge in [-0.1, -0.05) is 30.0 Å². The van der Waals surface area contributed by atoms with Gasteiger partial charge in [0.2, 0.25) is 5.91 Å². The number of hydrogen-bond acceptors (Lipinski definition) is 5. The second-order valence-electron chi connectivity index (χ2n) is 7.68. The van der Waals surface area contributed by atoms with Gasteiger partial charge in [0.15, 0.2) is 0 Å². The van der Waals surface area contributed by atoms with Crippen molar-refractivity contribution in [3.63, 3.8) is 0 Å². The second-order valence-corrected chi connectivity index (χ2v) is 8.64. The topological polar surface area (TPSA) is 63.6 Å². The Morgan fingerprint density at radius 3 is 2.68 bits per heavy atom. The highest BCUT2D eigenvalue weighted by Gasteiger charge is 2.36. The molecule has 0 aliphatic carbocycles. The molecule has 0 spiro atoms. The van der Waals surface area contributed by atoms with E-state index in [-0.39, 0.29) is 11.4 Å². The predicted octanol–water partition coefficient (Wildman–Crippen LogP) is 4.47. The Hall–Kier alpha value is -2.75. The smallest absolute Gasteiger partial charge is 0.238 e. The number of nitrogens with one attached hydrogen (secondary N) is 1. The molecule has 1 aromatic heterocycles. The molecule has 1 N–H and O–H groups in total. The van der Waals surface area contributed by atoms with Crippen LogP contribution < -0.4 is 10.2 Å². The molecule has 0 saturated carbocycles. The van der Waals surface area contributed by atoms with Crippen LogP contribution in [-0.4, -0.2) is 49.3 Å². The lowest BCUT2D eigenvalue weighted by molar-refractivity contribution is -0.119. The highest BCUT2D eigenvalue weighted by Crippen LogP contribution is 2.42. The maximum absolute atomic E-state index is 14.4. The Bertz CT molecular complexity index is 1150. The SMILES string of the molecule is CCOCCCNC.Cn1c2c(c3ccccc31)C(C=O)N(c1ccc(F)cc1F)C(=O)CS2. The van der Waals surface area contributed by atoms with Crippen LogP contribution in [-0.2, 0) is 21.4 Å². The number of anilines is 1. The molecular formula is C25H29F2N3O3S. The van der Waals surface area contributed by atoms with Crippen LogP contribution in [0.15, 0.2) is 47.5 Å². The lowest BCUT2D eigenvalue weighted by Crippen LogP contribution is -2.36. The Kier molecular flexibility index (Phi) is 9.20. The van der Waals surface area contributed by atoms with Crippen molar-refractivity contribution in [2.45, 2.75) is 24.4 Å². The van der Waals surface area contributed by atoms with Gasteiger partial charge >= 0.3 is 0 Å². The van der Waals surface area contributed by atoms with Crippen molar-refractivity contribution in [2.75, 3.05) is 37.5 Å².